The molecular weight excluding hydrogens is 400 g/mol. The first-order valence-electron chi connectivity index (χ1n) is 9.03. The summed E-state index contributed by atoms with van der Waals surface area (Å²) in [4.78, 5) is 27.3. The first-order valence-corrected chi connectivity index (χ1v) is 10.5. The number of nitro benzene ring substituents is 1. The number of sulfonamides is 1. The molecule has 0 saturated heterocycles. The molecule has 0 spiro atoms. The molecule has 2 aliphatic rings. The summed E-state index contributed by atoms with van der Waals surface area (Å²) >= 11 is 0. The maximum atomic E-state index is 13.3. The van der Waals surface area contributed by atoms with Crippen LogP contribution in [0, 0.1) is 16.0 Å². The molecule has 2 atom stereocenters. The molecule has 0 bridgehead atoms. The van der Waals surface area contributed by atoms with Crippen molar-refractivity contribution in [2.45, 2.75) is 29.8 Å². The molecule has 3 rings (SSSR count). The summed E-state index contributed by atoms with van der Waals surface area (Å²) in [6, 6.07) is 3.58. The van der Waals surface area contributed by atoms with Gasteiger partial charge in [0.05, 0.1) is 17.6 Å². The minimum absolute atomic E-state index is 0.0564. The number of rotatable bonds is 9. The zero-order chi connectivity index (χ0) is 21.2. The Hall–Kier alpha value is -2.60. The maximum absolute atomic E-state index is 13.3. The molecule has 0 aromatic heterocycles. The van der Waals surface area contributed by atoms with E-state index in [9.17, 15) is 23.3 Å². The van der Waals surface area contributed by atoms with Gasteiger partial charge in [0, 0.05) is 12.6 Å². The highest BCUT2D eigenvalue weighted by Crippen LogP contribution is 2.40. The van der Waals surface area contributed by atoms with Crippen LogP contribution in [0.25, 0.3) is 0 Å². The van der Waals surface area contributed by atoms with E-state index in [1.807, 2.05) is 0 Å². The number of hydrogen-bond acceptors (Lipinski definition) is 7. The minimum atomic E-state index is -4.39. The van der Waals surface area contributed by atoms with Gasteiger partial charge in [-0.05, 0) is 30.4 Å². The molecule has 0 unspecified atom stereocenters. The van der Waals surface area contributed by atoms with E-state index in [1.165, 1.54) is 18.2 Å². The monoisotopic (exact) mass is 422 g/mol. The summed E-state index contributed by atoms with van der Waals surface area (Å²) in [7, 11) is -4.39. The Morgan fingerprint density at radius 1 is 1.41 bits per heavy atom. The minimum Gasteiger partial charge on any atom is -0.368 e. The maximum Gasteiger partial charge on any atom is 0.289 e. The molecular formula is C18H22N4O6S. The van der Waals surface area contributed by atoms with Crippen LogP contribution in [0.4, 0.5) is 5.69 Å². The largest absolute Gasteiger partial charge is 0.368 e. The lowest BCUT2D eigenvalue weighted by Crippen LogP contribution is -2.54. The fourth-order valence-corrected chi connectivity index (χ4v) is 4.86. The van der Waals surface area contributed by atoms with Crippen molar-refractivity contribution in [2.75, 3.05) is 13.2 Å². The topological polar surface area (TPSA) is 145 Å². The Morgan fingerprint density at radius 2 is 2.10 bits per heavy atom. The number of hydroxylamine groups is 1. The van der Waals surface area contributed by atoms with Crippen molar-refractivity contribution in [1.29, 1.82) is 0 Å². The van der Waals surface area contributed by atoms with Crippen LogP contribution in [-0.4, -0.2) is 49.0 Å². The van der Waals surface area contributed by atoms with Crippen molar-refractivity contribution >= 4 is 21.6 Å². The fourth-order valence-electron chi connectivity index (χ4n) is 3.32. The standard InChI is InChI=1S/C18H22N4O6S/c1-2-9-28-22(29(26,27)16-6-4-3-5-15(16)21(24)25)13-10-14(12-7-8-12)17(18(19)23)20-11-13/h2-6,10,12-13,17,20H,1,7-9,11H2,(H2,19,23)/t13-,17+/m1/s1. The van der Waals surface area contributed by atoms with E-state index in [0.29, 0.717) is 0 Å². The average Bonchev–Trinajstić information content (AvgIpc) is 3.53. The molecule has 29 heavy (non-hydrogen) atoms. The molecule has 1 aromatic rings. The van der Waals surface area contributed by atoms with Crippen molar-refractivity contribution in [3.8, 4) is 0 Å². The smallest absolute Gasteiger partial charge is 0.289 e. The molecule has 1 fully saturated rings. The average molecular weight is 422 g/mol. The van der Waals surface area contributed by atoms with E-state index in [0.717, 1.165) is 35.0 Å². The molecule has 1 heterocycles. The van der Waals surface area contributed by atoms with Crippen LogP contribution in [-0.2, 0) is 19.7 Å². The number of nitrogens with zero attached hydrogens (tertiary/aromatic N) is 2. The van der Waals surface area contributed by atoms with Crippen molar-refractivity contribution < 1.29 is 23.0 Å². The van der Waals surface area contributed by atoms with E-state index in [-0.39, 0.29) is 19.1 Å². The molecule has 0 radical (unpaired) electrons. The number of primary amides is 1. The second-order valence-corrected chi connectivity index (χ2v) is 8.57. The van der Waals surface area contributed by atoms with Gasteiger partial charge in [0.25, 0.3) is 15.7 Å². The van der Waals surface area contributed by atoms with Gasteiger partial charge in [-0.3, -0.25) is 19.7 Å². The van der Waals surface area contributed by atoms with E-state index >= 15 is 0 Å². The number of nitro groups is 1. The normalized spacial score (nSPS) is 22.2. The molecule has 3 N–H and O–H groups in total. The van der Waals surface area contributed by atoms with Crippen LogP contribution in [0.2, 0.25) is 0 Å². The SMILES string of the molecule is C=CCON([C@@H]1C=C(C2CC2)[C@@H](C(N)=O)NC1)S(=O)(=O)c1ccccc1[N+](=O)[O-]. The number of benzene rings is 1. The van der Waals surface area contributed by atoms with Gasteiger partial charge < -0.3 is 11.1 Å². The van der Waals surface area contributed by atoms with Crippen LogP contribution >= 0.6 is 0 Å². The summed E-state index contributed by atoms with van der Waals surface area (Å²) in [6.07, 6.45) is 4.80. The predicted molar refractivity (Wildman–Crippen MR) is 104 cm³/mol. The van der Waals surface area contributed by atoms with Crippen molar-refractivity contribution in [3.05, 3.63) is 58.7 Å². The van der Waals surface area contributed by atoms with Gasteiger partial charge in [0.1, 0.15) is 6.04 Å². The van der Waals surface area contributed by atoms with Crippen molar-refractivity contribution in [3.63, 3.8) is 0 Å². The highest BCUT2D eigenvalue weighted by Gasteiger charge is 2.42. The van der Waals surface area contributed by atoms with E-state index < -0.39 is 43.5 Å². The lowest BCUT2D eigenvalue weighted by molar-refractivity contribution is -0.387. The Bertz CT molecular complexity index is 957. The molecule has 10 nitrogen and oxygen atoms in total. The molecule has 1 saturated carbocycles. The lowest BCUT2D eigenvalue weighted by atomic mass is 9.95. The summed E-state index contributed by atoms with van der Waals surface area (Å²) in [5.41, 5.74) is 5.63. The van der Waals surface area contributed by atoms with E-state index in [4.69, 9.17) is 10.6 Å². The van der Waals surface area contributed by atoms with E-state index in [1.54, 1.807) is 6.08 Å². The first-order chi connectivity index (χ1) is 13.8. The van der Waals surface area contributed by atoms with Gasteiger partial charge in [0.2, 0.25) is 5.91 Å². The molecule has 156 valence electrons. The van der Waals surface area contributed by atoms with Gasteiger partial charge in [-0.15, -0.1) is 6.58 Å². The molecule has 1 amide bonds. The second kappa shape index (κ2) is 8.41. The predicted octanol–water partition coefficient (Wildman–Crippen LogP) is 0.865. The summed E-state index contributed by atoms with van der Waals surface area (Å²) in [6.45, 7) is 3.45. The second-order valence-electron chi connectivity index (χ2n) is 6.82. The number of amides is 1. The summed E-state index contributed by atoms with van der Waals surface area (Å²) in [5.74, 6) is -0.389. The van der Waals surface area contributed by atoms with Crippen LogP contribution in [0.3, 0.4) is 0 Å². The molecule has 1 aromatic carbocycles. The highest BCUT2D eigenvalue weighted by molar-refractivity contribution is 7.89. The quantitative estimate of drug-likeness (QED) is 0.341. The summed E-state index contributed by atoms with van der Waals surface area (Å²) < 4.78 is 27.3. The van der Waals surface area contributed by atoms with Crippen LogP contribution in [0.15, 0.2) is 53.5 Å². The van der Waals surface area contributed by atoms with Gasteiger partial charge >= 0.3 is 0 Å². The fraction of sp³-hybridized carbons (Fsp3) is 0.389. The number of nitrogens with one attached hydrogen (secondary N) is 1. The number of carbonyl (C=O) groups excluding carboxylic acids is 1. The van der Waals surface area contributed by atoms with Crippen LogP contribution in [0.1, 0.15) is 12.8 Å². The number of carbonyl (C=O) groups is 1. The third-order valence-corrected chi connectivity index (χ3v) is 6.50. The molecule has 1 aliphatic carbocycles. The van der Waals surface area contributed by atoms with Crippen LogP contribution < -0.4 is 11.1 Å². The molecule has 11 heteroatoms. The highest BCUT2D eigenvalue weighted by atomic mass is 32.2. The summed E-state index contributed by atoms with van der Waals surface area (Å²) in [5, 5.41) is 14.3. The van der Waals surface area contributed by atoms with Gasteiger partial charge in [-0.1, -0.05) is 28.8 Å². The number of para-hydroxylation sites is 1. The Morgan fingerprint density at radius 3 is 2.69 bits per heavy atom. The first kappa shape index (κ1) is 21.1. The third kappa shape index (κ3) is 4.37. The molecule has 1 aliphatic heterocycles. The number of hydrogen-bond donors (Lipinski definition) is 2. The zero-order valence-electron chi connectivity index (χ0n) is 15.6. The van der Waals surface area contributed by atoms with Crippen molar-refractivity contribution in [2.24, 2.45) is 11.7 Å². The number of nitrogens with two attached hydrogens (primary N) is 1. The van der Waals surface area contributed by atoms with Gasteiger partial charge in [-0.2, -0.15) is 0 Å². The lowest BCUT2D eigenvalue weighted by Gasteiger charge is -2.34. The van der Waals surface area contributed by atoms with Crippen LogP contribution in [0.5, 0.6) is 0 Å². The van der Waals surface area contributed by atoms with Crippen molar-refractivity contribution in [1.82, 2.24) is 9.79 Å². The van der Waals surface area contributed by atoms with E-state index in [2.05, 4.69) is 11.9 Å². The van der Waals surface area contributed by atoms with Gasteiger partial charge in [-0.25, -0.2) is 8.42 Å². The van der Waals surface area contributed by atoms with Gasteiger partial charge in [0.15, 0.2) is 4.90 Å². The zero-order valence-corrected chi connectivity index (χ0v) is 16.4. The Balaban J connectivity index is 2.03. The Kier molecular flexibility index (Phi) is 6.13. The third-order valence-electron chi connectivity index (χ3n) is 4.75. The Labute approximate surface area is 168 Å².